The summed E-state index contributed by atoms with van der Waals surface area (Å²) in [5.74, 6) is 0.350. The number of rotatable bonds is 2. The lowest BCUT2D eigenvalue weighted by molar-refractivity contribution is 0.210. The van der Waals surface area contributed by atoms with Gasteiger partial charge in [-0.3, -0.25) is 0 Å². The van der Waals surface area contributed by atoms with E-state index in [1.165, 1.54) is 19.3 Å². The van der Waals surface area contributed by atoms with Gasteiger partial charge >= 0.3 is 0 Å². The fourth-order valence-corrected chi connectivity index (χ4v) is 2.08. The van der Waals surface area contributed by atoms with E-state index >= 15 is 0 Å². The Hall–Kier alpha value is -0.770. The zero-order chi connectivity index (χ0) is 9.03. The van der Waals surface area contributed by atoms with Gasteiger partial charge in [0.25, 0.3) is 0 Å². The van der Waals surface area contributed by atoms with Crippen LogP contribution in [0.3, 0.4) is 0 Å². The van der Waals surface area contributed by atoms with Crippen LogP contribution in [-0.2, 0) is 0 Å². The number of hydrogen-bond donors (Lipinski definition) is 0. The van der Waals surface area contributed by atoms with E-state index in [9.17, 15) is 0 Å². The maximum Gasteiger partial charge on any atom is 0.0695 e. The summed E-state index contributed by atoms with van der Waals surface area (Å²) in [5.41, 5.74) is -0.0833. The van der Waals surface area contributed by atoms with E-state index in [4.69, 9.17) is 5.26 Å². The van der Waals surface area contributed by atoms with Gasteiger partial charge in [-0.2, -0.15) is 5.26 Å². The van der Waals surface area contributed by atoms with Gasteiger partial charge in [-0.25, -0.2) is 0 Å². The summed E-state index contributed by atoms with van der Waals surface area (Å²) in [6.07, 6.45) is 7.78. The van der Waals surface area contributed by atoms with Crippen LogP contribution in [0.5, 0.6) is 0 Å². The van der Waals surface area contributed by atoms with E-state index in [-0.39, 0.29) is 5.41 Å². The third-order valence-electron chi connectivity index (χ3n) is 3.19. The van der Waals surface area contributed by atoms with Crippen LogP contribution in [0.4, 0.5) is 0 Å². The van der Waals surface area contributed by atoms with Gasteiger partial charge in [0.05, 0.1) is 11.5 Å². The lowest BCUT2D eigenvalue weighted by Gasteiger charge is -2.34. The Morgan fingerprint density at radius 1 is 1.42 bits per heavy atom. The molecule has 0 spiro atoms. The minimum absolute atomic E-state index is 0.0833. The van der Waals surface area contributed by atoms with Crippen LogP contribution in [0.1, 0.15) is 39.0 Å². The summed E-state index contributed by atoms with van der Waals surface area (Å²) in [7, 11) is 0. The summed E-state index contributed by atoms with van der Waals surface area (Å²) >= 11 is 0. The Morgan fingerprint density at radius 2 is 2.00 bits per heavy atom. The molecule has 0 heterocycles. The molecule has 1 nitrogen and oxygen atoms in total. The minimum Gasteiger partial charge on any atom is -0.198 e. The zero-order valence-electron chi connectivity index (χ0n) is 7.84. The molecule has 1 atom stereocenters. The third kappa shape index (κ3) is 1.53. The van der Waals surface area contributed by atoms with Crippen LogP contribution in [0.2, 0.25) is 0 Å². The first-order chi connectivity index (χ1) is 5.75. The van der Waals surface area contributed by atoms with Gasteiger partial charge in [0.1, 0.15) is 0 Å². The average Bonchev–Trinajstić information content (AvgIpc) is 2.17. The maximum absolute atomic E-state index is 9.15. The van der Waals surface area contributed by atoms with E-state index in [1.807, 2.05) is 6.08 Å². The van der Waals surface area contributed by atoms with E-state index in [0.29, 0.717) is 5.92 Å². The van der Waals surface area contributed by atoms with Crippen LogP contribution >= 0.6 is 0 Å². The summed E-state index contributed by atoms with van der Waals surface area (Å²) in [6.45, 7) is 5.89. The SMILES string of the molecule is C=CC(C)C1(C#N)CCCCC1. The lowest BCUT2D eigenvalue weighted by Crippen LogP contribution is -2.28. The summed E-state index contributed by atoms with van der Waals surface area (Å²) < 4.78 is 0. The van der Waals surface area contributed by atoms with E-state index < -0.39 is 0 Å². The largest absolute Gasteiger partial charge is 0.198 e. The molecule has 0 N–H and O–H groups in total. The summed E-state index contributed by atoms with van der Waals surface area (Å²) in [5, 5.41) is 9.15. The smallest absolute Gasteiger partial charge is 0.0695 e. The molecule has 1 unspecified atom stereocenters. The van der Waals surface area contributed by atoms with E-state index in [2.05, 4.69) is 19.6 Å². The number of allylic oxidation sites excluding steroid dienone is 1. The Morgan fingerprint density at radius 3 is 2.42 bits per heavy atom. The molecule has 1 aliphatic rings. The van der Waals surface area contributed by atoms with Crippen LogP contribution in [0, 0.1) is 22.7 Å². The van der Waals surface area contributed by atoms with Crippen LogP contribution in [-0.4, -0.2) is 0 Å². The van der Waals surface area contributed by atoms with Gasteiger partial charge in [-0.1, -0.05) is 32.3 Å². The van der Waals surface area contributed by atoms with Crippen molar-refractivity contribution in [2.75, 3.05) is 0 Å². The van der Waals surface area contributed by atoms with Crippen molar-refractivity contribution in [3.63, 3.8) is 0 Å². The van der Waals surface area contributed by atoms with E-state index in [0.717, 1.165) is 12.8 Å². The van der Waals surface area contributed by atoms with Gasteiger partial charge in [-0.05, 0) is 18.8 Å². The molecule has 0 aromatic rings. The highest BCUT2D eigenvalue weighted by atomic mass is 14.4. The normalized spacial score (nSPS) is 24.0. The van der Waals surface area contributed by atoms with Gasteiger partial charge < -0.3 is 0 Å². The highest BCUT2D eigenvalue weighted by Crippen LogP contribution is 2.42. The lowest BCUT2D eigenvalue weighted by atomic mass is 9.67. The highest BCUT2D eigenvalue weighted by Gasteiger charge is 2.35. The molecule has 0 aromatic carbocycles. The fraction of sp³-hybridized carbons (Fsp3) is 0.727. The second-order valence-corrected chi connectivity index (χ2v) is 3.85. The van der Waals surface area contributed by atoms with Crippen molar-refractivity contribution < 1.29 is 0 Å². The Balaban J connectivity index is 2.74. The molecule has 0 bridgehead atoms. The molecule has 1 heteroatoms. The topological polar surface area (TPSA) is 23.8 Å². The second kappa shape index (κ2) is 3.76. The molecule has 0 amide bonds. The predicted molar refractivity (Wildman–Crippen MR) is 50.5 cm³/mol. The Labute approximate surface area is 75.1 Å². The van der Waals surface area contributed by atoms with Crippen molar-refractivity contribution in [1.82, 2.24) is 0 Å². The predicted octanol–water partition coefficient (Wildman–Crippen LogP) is 3.28. The second-order valence-electron chi connectivity index (χ2n) is 3.85. The van der Waals surface area contributed by atoms with Crippen molar-refractivity contribution in [2.45, 2.75) is 39.0 Å². The molecule has 0 radical (unpaired) electrons. The van der Waals surface area contributed by atoms with Crippen molar-refractivity contribution in [1.29, 1.82) is 5.26 Å². The number of hydrogen-bond acceptors (Lipinski definition) is 1. The van der Waals surface area contributed by atoms with Gasteiger partial charge in [0.2, 0.25) is 0 Å². The first kappa shape index (κ1) is 9.32. The van der Waals surface area contributed by atoms with Crippen LogP contribution in [0.25, 0.3) is 0 Å². The molecule has 0 aliphatic heterocycles. The number of nitrogens with zero attached hydrogens (tertiary/aromatic N) is 1. The zero-order valence-corrected chi connectivity index (χ0v) is 7.84. The summed E-state index contributed by atoms with van der Waals surface area (Å²) in [6, 6.07) is 2.50. The summed E-state index contributed by atoms with van der Waals surface area (Å²) in [4.78, 5) is 0. The molecule has 1 saturated carbocycles. The van der Waals surface area contributed by atoms with Crippen molar-refractivity contribution in [3.05, 3.63) is 12.7 Å². The van der Waals surface area contributed by atoms with Crippen LogP contribution in [0.15, 0.2) is 12.7 Å². The maximum atomic E-state index is 9.15. The van der Waals surface area contributed by atoms with Gasteiger partial charge in [-0.15, -0.1) is 6.58 Å². The highest BCUT2D eigenvalue weighted by molar-refractivity contribution is 5.07. The Kier molecular flexibility index (Phi) is 2.92. The average molecular weight is 163 g/mol. The molecule has 1 rings (SSSR count). The third-order valence-corrected chi connectivity index (χ3v) is 3.19. The first-order valence-corrected chi connectivity index (χ1v) is 4.79. The van der Waals surface area contributed by atoms with Crippen molar-refractivity contribution in [3.8, 4) is 6.07 Å². The molecule has 1 aliphatic carbocycles. The quantitative estimate of drug-likeness (QED) is 0.573. The standard InChI is InChI=1S/C11H17N/c1-3-10(2)11(9-12)7-5-4-6-8-11/h3,10H,1,4-8H2,2H3. The number of nitriles is 1. The van der Waals surface area contributed by atoms with Crippen molar-refractivity contribution >= 4 is 0 Å². The van der Waals surface area contributed by atoms with Crippen molar-refractivity contribution in [2.24, 2.45) is 11.3 Å². The molecular formula is C11H17N. The van der Waals surface area contributed by atoms with Gasteiger partial charge in [0.15, 0.2) is 0 Å². The molecule has 12 heavy (non-hydrogen) atoms. The fourth-order valence-electron chi connectivity index (χ4n) is 2.08. The van der Waals surface area contributed by atoms with Gasteiger partial charge in [0, 0.05) is 0 Å². The molecular weight excluding hydrogens is 146 g/mol. The molecule has 0 aromatic heterocycles. The minimum atomic E-state index is -0.0833. The van der Waals surface area contributed by atoms with Crippen LogP contribution < -0.4 is 0 Å². The molecule has 66 valence electrons. The monoisotopic (exact) mass is 163 g/mol. The molecule has 1 fully saturated rings. The molecule has 0 saturated heterocycles. The Bertz CT molecular complexity index is 194. The van der Waals surface area contributed by atoms with E-state index in [1.54, 1.807) is 0 Å². The first-order valence-electron chi connectivity index (χ1n) is 4.79.